The molecule has 6 nitrogen and oxygen atoms in total. The predicted molar refractivity (Wildman–Crippen MR) is 74.7 cm³/mol. The smallest absolute Gasteiger partial charge is 0.328 e. The molecule has 0 spiro atoms. The van der Waals surface area contributed by atoms with E-state index in [-0.39, 0.29) is 12.2 Å². The van der Waals surface area contributed by atoms with Gasteiger partial charge in [0, 0.05) is 39.6 Å². The first-order valence-corrected chi connectivity index (χ1v) is 6.31. The van der Waals surface area contributed by atoms with Crippen LogP contribution in [0.1, 0.15) is 5.56 Å². The Morgan fingerprint density at radius 1 is 1.35 bits per heavy atom. The van der Waals surface area contributed by atoms with E-state index in [4.69, 9.17) is 14.6 Å². The molecule has 0 amide bonds. The maximum Gasteiger partial charge on any atom is 0.328 e. The number of rotatable bonds is 5. The molecule has 1 aliphatic heterocycles. The number of ether oxygens (including phenoxy) is 2. The van der Waals surface area contributed by atoms with Crippen molar-refractivity contribution in [3.8, 4) is 0 Å². The molecule has 1 saturated heterocycles. The molecule has 1 aromatic heterocycles. The largest absolute Gasteiger partial charge is 0.478 e. The molecule has 2 heterocycles. The summed E-state index contributed by atoms with van der Waals surface area (Å²) >= 11 is 0. The molecular formula is C14H18N2O4. The third kappa shape index (κ3) is 3.34. The van der Waals surface area contributed by atoms with Crippen LogP contribution in [0.2, 0.25) is 0 Å². The Morgan fingerprint density at radius 3 is 2.45 bits per heavy atom. The lowest BCUT2D eigenvalue weighted by Crippen LogP contribution is -2.27. The van der Waals surface area contributed by atoms with E-state index in [1.165, 1.54) is 6.08 Å². The number of aliphatic carboxylic acids is 1. The number of carboxylic acid groups (broad SMARTS) is 1. The van der Waals surface area contributed by atoms with Gasteiger partial charge in [-0.25, -0.2) is 9.78 Å². The van der Waals surface area contributed by atoms with E-state index >= 15 is 0 Å². The summed E-state index contributed by atoms with van der Waals surface area (Å²) < 4.78 is 10.8. The van der Waals surface area contributed by atoms with Gasteiger partial charge in [0.2, 0.25) is 0 Å². The number of aromatic nitrogens is 1. The number of methoxy groups -OCH3 is 2. The SMILES string of the molecule is COC1CN(c2ccc(/C=C/C(=O)O)cn2)CC1OC. The molecule has 2 rings (SSSR count). The van der Waals surface area contributed by atoms with E-state index in [2.05, 4.69) is 9.88 Å². The molecule has 0 aliphatic carbocycles. The third-order valence-electron chi connectivity index (χ3n) is 3.33. The number of hydrogen-bond donors (Lipinski definition) is 1. The van der Waals surface area contributed by atoms with Gasteiger partial charge in [0.25, 0.3) is 0 Å². The second kappa shape index (κ2) is 6.49. The Kier molecular flexibility index (Phi) is 4.70. The summed E-state index contributed by atoms with van der Waals surface area (Å²) in [4.78, 5) is 16.9. The molecule has 1 aromatic rings. The second-order valence-electron chi connectivity index (χ2n) is 4.57. The molecule has 2 unspecified atom stereocenters. The number of carboxylic acids is 1. The quantitative estimate of drug-likeness (QED) is 0.811. The molecule has 0 radical (unpaired) electrons. The van der Waals surface area contributed by atoms with Crippen molar-refractivity contribution in [2.75, 3.05) is 32.2 Å². The van der Waals surface area contributed by atoms with E-state index in [1.54, 1.807) is 20.4 Å². The molecule has 20 heavy (non-hydrogen) atoms. The minimum atomic E-state index is -0.973. The molecule has 1 N–H and O–H groups in total. The van der Waals surface area contributed by atoms with Crippen LogP contribution in [-0.4, -0.2) is 55.6 Å². The first kappa shape index (κ1) is 14.5. The Labute approximate surface area is 117 Å². The van der Waals surface area contributed by atoms with Crippen LogP contribution in [0.5, 0.6) is 0 Å². The zero-order valence-electron chi connectivity index (χ0n) is 11.5. The Balaban J connectivity index is 2.05. The number of carbonyl (C=O) groups is 1. The topological polar surface area (TPSA) is 71.9 Å². The van der Waals surface area contributed by atoms with Crippen molar-refractivity contribution >= 4 is 17.9 Å². The molecule has 0 bridgehead atoms. The highest BCUT2D eigenvalue weighted by Crippen LogP contribution is 2.21. The molecule has 1 aliphatic rings. The van der Waals surface area contributed by atoms with E-state index in [0.29, 0.717) is 0 Å². The fourth-order valence-corrected chi connectivity index (χ4v) is 2.23. The number of nitrogens with zero attached hydrogens (tertiary/aromatic N) is 2. The number of pyridine rings is 1. The minimum absolute atomic E-state index is 0.0355. The van der Waals surface area contributed by atoms with Gasteiger partial charge in [-0.2, -0.15) is 0 Å². The van der Waals surface area contributed by atoms with Crippen LogP contribution in [-0.2, 0) is 14.3 Å². The summed E-state index contributed by atoms with van der Waals surface area (Å²) in [7, 11) is 3.35. The highest BCUT2D eigenvalue weighted by molar-refractivity contribution is 5.85. The lowest BCUT2D eigenvalue weighted by atomic mass is 10.2. The normalized spacial score (nSPS) is 22.6. The van der Waals surface area contributed by atoms with E-state index < -0.39 is 5.97 Å². The first-order chi connectivity index (χ1) is 9.63. The highest BCUT2D eigenvalue weighted by Gasteiger charge is 2.33. The van der Waals surface area contributed by atoms with E-state index in [0.717, 1.165) is 30.5 Å². The Bertz CT molecular complexity index is 474. The molecule has 108 valence electrons. The van der Waals surface area contributed by atoms with Crippen molar-refractivity contribution < 1.29 is 19.4 Å². The maximum absolute atomic E-state index is 10.4. The van der Waals surface area contributed by atoms with Crippen molar-refractivity contribution in [2.24, 2.45) is 0 Å². The standard InChI is InChI=1S/C14H18N2O4/c1-19-11-8-16(9-12(11)20-2)13-5-3-10(7-15-13)4-6-14(17)18/h3-7,11-12H,8-9H2,1-2H3,(H,17,18)/b6-4+. The fraction of sp³-hybridized carbons (Fsp3) is 0.429. The van der Waals surface area contributed by atoms with Gasteiger partial charge in [0.05, 0.1) is 0 Å². The molecule has 0 saturated carbocycles. The van der Waals surface area contributed by atoms with Gasteiger partial charge in [-0.05, 0) is 23.8 Å². The summed E-state index contributed by atoms with van der Waals surface area (Å²) in [6.07, 6.45) is 4.33. The van der Waals surface area contributed by atoms with Crippen LogP contribution < -0.4 is 4.90 Å². The van der Waals surface area contributed by atoms with Crippen LogP contribution >= 0.6 is 0 Å². The molecule has 2 atom stereocenters. The molecule has 0 aromatic carbocycles. The third-order valence-corrected chi connectivity index (χ3v) is 3.33. The summed E-state index contributed by atoms with van der Waals surface area (Å²) in [5.41, 5.74) is 0.752. The van der Waals surface area contributed by atoms with Gasteiger partial charge >= 0.3 is 5.97 Å². The van der Waals surface area contributed by atoms with E-state index in [9.17, 15) is 4.79 Å². The Hall–Kier alpha value is -1.92. The second-order valence-corrected chi connectivity index (χ2v) is 4.57. The van der Waals surface area contributed by atoms with Crippen LogP contribution in [0.25, 0.3) is 6.08 Å². The van der Waals surface area contributed by atoms with Gasteiger partial charge in [0.15, 0.2) is 0 Å². The molecular weight excluding hydrogens is 260 g/mol. The average molecular weight is 278 g/mol. The Morgan fingerprint density at radius 2 is 2.00 bits per heavy atom. The maximum atomic E-state index is 10.4. The van der Waals surface area contributed by atoms with Crippen molar-refractivity contribution in [3.05, 3.63) is 30.0 Å². The van der Waals surface area contributed by atoms with Crippen molar-refractivity contribution in [1.82, 2.24) is 4.98 Å². The lowest BCUT2D eigenvalue weighted by molar-refractivity contribution is -0.131. The van der Waals surface area contributed by atoms with Gasteiger partial charge in [-0.1, -0.05) is 0 Å². The predicted octanol–water partition coefficient (Wildman–Crippen LogP) is 1.03. The van der Waals surface area contributed by atoms with Gasteiger partial charge in [-0.15, -0.1) is 0 Å². The number of hydrogen-bond acceptors (Lipinski definition) is 5. The van der Waals surface area contributed by atoms with Crippen LogP contribution in [0.15, 0.2) is 24.4 Å². The first-order valence-electron chi connectivity index (χ1n) is 6.31. The highest BCUT2D eigenvalue weighted by atomic mass is 16.5. The average Bonchev–Trinajstić information content (AvgIpc) is 2.89. The zero-order valence-corrected chi connectivity index (χ0v) is 11.5. The van der Waals surface area contributed by atoms with Gasteiger partial charge < -0.3 is 19.5 Å². The van der Waals surface area contributed by atoms with Gasteiger partial charge in [0.1, 0.15) is 18.0 Å². The van der Waals surface area contributed by atoms with E-state index in [1.807, 2.05) is 12.1 Å². The van der Waals surface area contributed by atoms with Crippen LogP contribution in [0, 0.1) is 0 Å². The summed E-state index contributed by atoms with van der Waals surface area (Å²) in [6.45, 7) is 1.46. The number of anilines is 1. The summed E-state index contributed by atoms with van der Waals surface area (Å²) in [6, 6.07) is 3.70. The minimum Gasteiger partial charge on any atom is -0.478 e. The van der Waals surface area contributed by atoms with Gasteiger partial charge in [-0.3, -0.25) is 0 Å². The molecule has 6 heteroatoms. The summed E-state index contributed by atoms with van der Waals surface area (Å²) in [5.74, 6) is -0.140. The fourth-order valence-electron chi connectivity index (χ4n) is 2.23. The van der Waals surface area contributed by atoms with Crippen molar-refractivity contribution in [2.45, 2.75) is 12.2 Å². The molecule has 1 fully saturated rings. The van der Waals surface area contributed by atoms with Crippen LogP contribution in [0.3, 0.4) is 0 Å². The van der Waals surface area contributed by atoms with Crippen molar-refractivity contribution in [3.63, 3.8) is 0 Å². The van der Waals surface area contributed by atoms with Crippen LogP contribution in [0.4, 0.5) is 5.82 Å². The monoisotopic (exact) mass is 278 g/mol. The lowest BCUT2D eigenvalue weighted by Gasteiger charge is -2.16. The zero-order chi connectivity index (χ0) is 14.5. The van der Waals surface area contributed by atoms with Crippen molar-refractivity contribution in [1.29, 1.82) is 0 Å². The summed E-state index contributed by atoms with van der Waals surface area (Å²) in [5, 5.41) is 8.57.